The van der Waals surface area contributed by atoms with E-state index in [0.29, 0.717) is 11.5 Å². The lowest BCUT2D eigenvalue weighted by molar-refractivity contribution is -0.121. The highest BCUT2D eigenvalue weighted by atomic mass is 16.7. The Labute approximate surface area is 165 Å². The van der Waals surface area contributed by atoms with Gasteiger partial charge in [0.1, 0.15) is 0 Å². The van der Waals surface area contributed by atoms with E-state index in [9.17, 15) is 9.59 Å². The Balaban J connectivity index is 1.49. The third kappa shape index (κ3) is 4.18. The van der Waals surface area contributed by atoms with E-state index in [1.54, 1.807) is 0 Å². The minimum absolute atomic E-state index is 0.0261. The van der Waals surface area contributed by atoms with Gasteiger partial charge in [-0.3, -0.25) is 9.59 Å². The molecule has 9 heteroatoms. The number of nitrogens with two attached hydrogens (primary N) is 1. The van der Waals surface area contributed by atoms with E-state index in [4.69, 9.17) is 19.7 Å². The number of hydrogen-bond donors (Lipinski definition) is 2. The first-order valence-electron chi connectivity index (χ1n) is 8.94. The molecule has 0 radical (unpaired) electrons. The van der Waals surface area contributed by atoms with Crippen molar-refractivity contribution in [3.05, 3.63) is 71.4 Å². The van der Waals surface area contributed by atoms with Crippen LogP contribution in [0.3, 0.4) is 0 Å². The number of aromatic nitrogens is 2. The quantitative estimate of drug-likeness (QED) is 0.624. The molecule has 0 saturated carbocycles. The normalized spacial score (nSPS) is 13.1. The maximum absolute atomic E-state index is 12.6. The number of benzene rings is 2. The highest BCUT2D eigenvalue weighted by Crippen LogP contribution is 2.37. The summed E-state index contributed by atoms with van der Waals surface area (Å²) in [6, 6.07) is 15.4. The number of nitrogens with one attached hydrogen (secondary N) is 1. The Morgan fingerprint density at radius 2 is 1.86 bits per heavy atom. The summed E-state index contributed by atoms with van der Waals surface area (Å²) >= 11 is 0. The molecular formula is C20H18N4O5. The molecule has 1 aromatic heterocycles. The molecule has 1 aliphatic heterocycles. The minimum Gasteiger partial charge on any atom is -0.454 e. The monoisotopic (exact) mass is 394 g/mol. The Morgan fingerprint density at radius 3 is 2.62 bits per heavy atom. The summed E-state index contributed by atoms with van der Waals surface area (Å²) < 4.78 is 15.5. The number of rotatable bonds is 7. The van der Waals surface area contributed by atoms with E-state index in [2.05, 4.69) is 15.5 Å². The number of hydrogen-bond acceptors (Lipinski definition) is 7. The topological polar surface area (TPSA) is 130 Å². The van der Waals surface area contributed by atoms with E-state index in [1.165, 1.54) is 0 Å². The first-order valence-corrected chi connectivity index (χ1v) is 8.94. The average molecular weight is 394 g/mol. The van der Waals surface area contributed by atoms with Crippen molar-refractivity contribution in [3.8, 4) is 11.5 Å². The molecule has 29 heavy (non-hydrogen) atoms. The molecule has 0 fully saturated rings. The van der Waals surface area contributed by atoms with Gasteiger partial charge in [0.25, 0.3) is 0 Å². The molecular weight excluding hydrogens is 376 g/mol. The van der Waals surface area contributed by atoms with Crippen LogP contribution in [0.4, 0.5) is 0 Å². The fourth-order valence-electron chi connectivity index (χ4n) is 3.10. The zero-order valence-electron chi connectivity index (χ0n) is 15.3. The molecule has 0 aliphatic carbocycles. The molecule has 1 atom stereocenters. The number of ether oxygens (including phenoxy) is 2. The van der Waals surface area contributed by atoms with Crippen molar-refractivity contribution < 1.29 is 23.6 Å². The second-order valence-corrected chi connectivity index (χ2v) is 6.44. The number of nitrogens with zero attached hydrogens (tertiary/aromatic N) is 2. The molecule has 0 bridgehead atoms. The molecule has 2 amide bonds. The molecule has 0 saturated heterocycles. The Kier molecular flexibility index (Phi) is 5.10. The predicted octanol–water partition coefficient (Wildman–Crippen LogP) is 1.74. The summed E-state index contributed by atoms with van der Waals surface area (Å²) in [7, 11) is 0. The lowest BCUT2D eigenvalue weighted by atomic mass is 9.88. The van der Waals surface area contributed by atoms with Crippen LogP contribution in [0.25, 0.3) is 0 Å². The highest BCUT2D eigenvalue weighted by Gasteiger charge is 2.22. The van der Waals surface area contributed by atoms with Crippen LogP contribution in [0.2, 0.25) is 0 Å². The van der Waals surface area contributed by atoms with E-state index >= 15 is 0 Å². The van der Waals surface area contributed by atoms with Gasteiger partial charge in [-0.25, -0.2) is 0 Å². The molecule has 2 aromatic carbocycles. The zero-order valence-corrected chi connectivity index (χ0v) is 15.3. The average Bonchev–Trinajstić information content (AvgIpc) is 3.40. The molecule has 1 aliphatic rings. The number of carbonyl (C=O) groups excluding carboxylic acids is 2. The van der Waals surface area contributed by atoms with E-state index in [1.807, 2.05) is 48.5 Å². The summed E-state index contributed by atoms with van der Waals surface area (Å²) in [4.78, 5) is 27.4. The van der Waals surface area contributed by atoms with Crippen LogP contribution in [0.1, 0.15) is 40.0 Å². The molecule has 0 unspecified atom stereocenters. The van der Waals surface area contributed by atoms with E-state index in [-0.39, 0.29) is 43.3 Å². The summed E-state index contributed by atoms with van der Waals surface area (Å²) in [5, 5.41) is 6.35. The van der Waals surface area contributed by atoms with Gasteiger partial charge in [0.2, 0.25) is 12.7 Å². The second kappa shape index (κ2) is 8.01. The zero-order chi connectivity index (χ0) is 20.2. The molecule has 4 rings (SSSR count). The van der Waals surface area contributed by atoms with E-state index < -0.39 is 5.91 Å². The first-order chi connectivity index (χ1) is 14.1. The molecule has 3 N–H and O–H groups in total. The van der Waals surface area contributed by atoms with Gasteiger partial charge in [-0.05, 0) is 23.3 Å². The van der Waals surface area contributed by atoms with Crippen LogP contribution in [-0.4, -0.2) is 28.7 Å². The third-order valence-corrected chi connectivity index (χ3v) is 4.51. The van der Waals surface area contributed by atoms with Crippen LogP contribution in [0.15, 0.2) is 53.1 Å². The molecule has 0 spiro atoms. The Morgan fingerprint density at radius 1 is 1.07 bits per heavy atom. The predicted molar refractivity (Wildman–Crippen MR) is 100 cm³/mol. The van der Waals surface area contributed by atoms with Crippen LogP contribution in [-0.2, 0) is 11.3 Å². The van der Waals surface area contributed by atoms with Crippen molar-refractivity contribution in [2.24, 2.45) is 5.73 Å². The van der Waals surface area contributed by atoms with Gasteiger partial charge in [0.15, 0.2) is 17.3 Å². The van der Waals surface area contributed by atoms with Gasteiger partial charge >= 0.3 is 11.8 Å². The first kappa shape index (κ1) is 18.5. The van der Waals surface area contributed by atoms with Gasteiger partial charge in [0, 0.05) is 12.3 Å². The fourth-order valence-corrected chi connectivity index (χ4v) is 3.10. The second-order valence-electron chi connectivity index (χ2n) is 6.44. The lowest BCUT2D eigenvalue weighted by Crippen LogP contribution is -2.25. The highest BCUT2D eigenvalue weighted by molar-refractivity contribution is 5.87. The van der Waals surface area contributed by atoms with Crippen LogP contribution >= 0.6 is 0 Å². The van der Waals surface area contributed by atoms with Crippen molar-refractivity contribution in [2.45, 2.75) is 18.9 Å². The van der Waals surface area contributed by atoms with Gasteiger partial charge < -0.3 is 25.0 Å². The van der Waals surface area contributed by atoms with Crippen molar-refractivity contribution in [1.29, 1.82) is 0 Å². The van der Waals surface area contributed by atoms with Crippen molar-refractivity contribution in [2.75, 3.05) is 6.79 Å². The number of primary amides is 1. The van der Waals surface area contributed by atoms with E-state index in [0.717, 1.165) is 11.1 Å². The van der Waals surface area contributed by atoms with Crippen molar-refractivity contribution in [1.82, 2.24) is 15.5 Å². The van der Waals surface area contributed by atoms with Crippen LogP contribution in [0.5, 0.6) is 11.5 Å². The van der Waals surface area contributed by atoms with Gasteiger partial charge in [-0.15, -0.1) is 0 Å². The minimum atomic E-state index is -0.818. The molecule has 9 nitrogen and oxygen atoms in total. The Hall–Kier alpha value is -3.88. The molecule has 3 aromatic rings. The Bertz CT molecular complexity index is 1030. The standard InChI is InChI=1S/C20H18N4O5/c21-19(26)20-23-17(24-29-20)10-22-18(25)9-14(12-4-2-1-3-5-12)13-6-7-15-16(8-13)28-11-27-15/h1-8,14H,9-11H2,(H2,21,26)(H,22,25)/t14-/m1/s1. The molecule has 148 valence electrons. The summed E-state index contributed by atoms with van der Waals surface area (Å²) in [5.41, 5.74) is 7.01. The molecule has 2 heterocycles. The maximum atomic E-state index is 12.6. The maximum Gasteiger partial charge on any atom is 0.315 e. The smallest absolute Gasteiger partial charge is 0.315 e. The summed E-state index contributed by atoms with van der Waals surface area (Å²) in [6.45, 7) is 0.214. The summed E-state index contributed by atoms with van der Waals surface area (Å²) in [6.07, 6.45) is 0.199. The largest absolute Gasteiger partial charge is 0.454 e. The SMILES string of the molecule is NC(=O)c1nc(CNC(=O)C[C@H](c2ccccc2)c2ccc3c(c2)OCO3)no1. The third-order valence-electron chi connectivity index (χ3n) is 4.51. The van der Waals surface area contributed by atoms with Crippen LogP contribution in [0, 0.1) is 0 Å². The van der Waals surface area contributed by atoms with Gasteiger partial charge in [0.05, 0.1) is 6.54 Å². The van der Waals surface area contributed by atoms with Gasteiger partial charge in [-0.1, -0.05) is 41.6 Å². The van der Waals surface area contributed by atoms with Crippen molar-refractivity contribution in [3.63, 3.8) is 0 Å². The van der Waals surface area contributed by atoms with Crippen LogP contribution < -0.4 is 20.5 Å². The fraction of sp³-hybridized carbons (Fsp3) is 0.200. The lowest BCUT2D eigenvalue weighted by Gasteiger charge is -2.18. The number of carbonyl (C=O) groups is 2. The number of amides is 2. The number of fused-ring (bicyclic) bond motifs is 1. The summed E-state index contributed by atoms with van der Waals surface area (Å²) in [5.74, 6) is 0.0198. The van der Waals surface area contributed by atoms with Crippen molar-refractivity contribution >= 4 is 11.8 Å². The van der Waals surface area contributed by atoms with Gasteiger partial charge in [-0.2, -0.15) is 4.98 Å².